The monoisotopic (exact) mass is 368 g/mol. The van der Waals surface area contributed by atoms with Gasteiger partial charge in [0.2, 0.25) is 11.7 Å². The molecule has 26 heavy (non-hydrogen) atoms. The van der Waals surface area contributed by atoms with Crippen LogP contribution in [0.1, 0.15) is 11.5 Å². The maximum Gasteiger partial charge on any atom is 0.241 e. The summed E-state index contributed by atoms with van der Waals surface area (Å²) in [5.74, 6) is 1.26. The first-order valence-corrected chi connectivity index (χ1v) is 9.18. The van der Waals surface area contributed by atoms with E-state index in [2.05, 4.69) is 51.1 Å². The third-order valence-corrected chi connectivity index (χ3v) is 5.01. The second-order valence-corrected chi connectivity index (χ2v) is 7.00. The zero-order chi connectivity index (χ0) is 17.9. The van der Waals surface area contributed by atoms with Gasteiger partial charge in [-0.2, -0.15) is 4.98 Å². The number of hydrogen-bond donors (Lipinski definition) is 0. The van der Waals surface area contributed by atoms with Crippen molar-refractivity contribution >= 4 is 17.3 Å². The van der Waals surface area contributed by atoms with Crippen LogP contribution in [0.15, 0.2) is 53.1 Å². The summed E-state index contributed by atoms with van der Waals surface area (Å²) in [4.78, 5) is 9.32. The first-order valence-electron chi connectivity index (χ1n) is 8.80. The highest BCUT2D eigenvalue weighted by molar-refractivity contribution is 6.30. The molecule has 2 aromatic carbocycles. The minimum absolute atomic E-state index is 0.607. The van der Waals surface area contributed by atoms with E-state index in [1.165, 1.54) is 11.3 Å². The van der Waals surface area contributed by atoms with Crippen LogP contribution in [0.2, 0.25) is 5.02 Å². The van der Waals surface area contributed by atoms with Crippen molar-refractivity contribution in [3.63, 3.8) is 0 Å². The van der Waals surface area contributed by atoms with Crippen LogP contribution in [-0.2, 0) is 6.54 Å². The Labute approximate surface area is 158 Å². The quantitative estimate of drug-likeness (QED) is 0.696. The van der Waals surface area contributed by atoms with Crippen molar-refractivity contribution in [2.24, 2.45) is 0 Å². The number of rotatable bonds is 4. The van der Waals surface area contributed by atoms with Gasteiger partial charge in [-0.1, -0.05) is 35.0 Å². The molecule has 5 nitrogen and oxygen atoms in total. The number of aromatic nitrogens is 2. The fourth-order valence-corrected chi connectivity index (χ4v) is 3.42. The lowest BCUT2D eigenvalue weighted by molar-refractivity contribution is 0.215. The van der Waals surface area contributed by atoms with Crippen LogP contribution in [0, 0.1) is 6.92 Å². The summed E-state index contributed by atoms with van der Waals surface area (Å²) in [6, 6.07) is 16.0. The second kappa shape index (κ2) is 7.48. The van der Waals surface area contributed by atoms with Crippen LogP contribution in [-0.4, -0.2) is 41.2 Å². The summed E-state index contributed by atoms with van der Waals surface area (Å²) in [5, 5.41) is 4.79. The smallest absolute Gasteiger partial charge is 0.241 e. The fraction of sp³-hybridized carbons (Fsp3) is 0.300. The van der Waals surface area contributed by atoms with E-state index in [-0.39, 0.29) is 0 Å². The number of piperazine rings is 1. The number of para-hydroxylation sites is 1. The Morgan fingerprint density at radius 2 is 1.73 bits per heavy atom. The third kappa shape index (κ3) is 3.74. The molecule has 0 radical (unpaired) electrons. The average molecular weight is 369 g/mol. The van der Waals surface area contributed by atoms with Crippen molar-refractivity contribution in [1.82, 2.24) is 15.0 Å². The molecule has 6 heteroatoms. The molecular weight excluding hydrogens is 348 g/mol. The molecular formula is C20H21ClN4O. The third-order valence-electron chi connectivity index (χ3n) is 4.76. The lowest BCUT2D eigenvalue weighted by Gasteiger charge is -2.36. The van der Waals surface area contributed by atoms with Crippen LogP contribution in [0.25, 0.3) is 11.4 Å². The standard InChI is InChI=1S/C20H21ClN4O/c1-15-4-2-3-5-18(15)25-12-10-24(11-13-25)14-19-22-20(23-26-19)16-6-8-17(21)9-7-16/h2-9H,10-14H2,1H3. The fourth-order valence-electron chi connectivity index (χ4n) is 3.29. The first-order chi connectivity index (χ1) is 12.7. The van der Waals surface area contributed by atoms with Gasteiger partial charge in [-0.25, -0.2) is 0 Å². The topological polar surface area (TPSA) is 45.4 Å². The maximum atomic E-state index is 5.92. The molecule has 0 N–H and O–H groups in total. The van der Waals surface area contributed by atoms with Gasteiger partial charge in [0.1, 0.15) is 0 Å². The molecule has 1 aliphatic heterocycles. The lowest BCUT2D eigenvalue weighted by atomic mass is 10.1. The van der Waals surface area contributed by atoms with E-state index in [1.807, 2.05) is 24.3 Å². The Hall–Kier alpha value is -2.37. The van der Waals surface area contributed by atoms with Gasteiger partial charge in [0.25, 0.3) is 0 Å². The highest BCUT2D eigenvalue weighted by Crippen LogP contribution is 2.22. The van der Waals surface area contributed by atoms with Gasteiger partial charge < -0.3 is 9.42 Å². The van der Waals surface area contributed by atoms with E-state index < -0.39 is 0 Å². The molecule has 4 rings (SSSR count). The maximum absolute atomic E-state index is 5.92. The first kappa shape index (κ1) is 17.1. The zero-order valence-electron chi connectivity index (χ0n) is 14.7. The summed E-state index contributed by atoms with van der Waals surface area (Å²) in [6.07, 6.45) is 0. The van der Waals surface area contributed by atoms with E-state index in [1.54, 1.807) is 0 Å². The van der Waals surface area contributed by atoms with Crippen molar-refractivity contribution in [2.45, 2.75) is 13.5 Å². The van der Waals surface area contributed by atoms with Crippen molar-refractivity contribution < 1.29 is 4.52 Å². The summed E-state index contributed by atoms with van der Waals surface area (Å²) < 4.78 is 5.43. The minimum atomic E-state index is 0.607. The number of benzene rings is 2. The normalized spacial score (nSPS) is 15.4. The number of halogens is 1. The average Bonchev–Trinajstić information content (AvgIpc) is 3.12. The van der Waals surface area contributed by atoms with Gasteiger partial charge in [0.05, 0.1) is 6.54 Å². The number of anilines is 1. The van der Waals surface area contributed by atoms with Crippen LogP contribution < -0.4 is 4.90 Å². The van der Waals surface area contributed by atoms with Gasteiger partial charge in [-0.05, 0) is 42.8 Å². The van der Waals surface area contributed by atoms with Gasteiger partial charge in [-0.3, -0.25) is 4.90 Å². The molecule has 1 aromatic heterocycles. The second-order valence-electron chi connectivity index (χ2n) is 6.57. The SMILES string of the molecule is Cc1ccccc1N1CCN(Cc2nc(-c3ccc(Cl)cc3)no2)CC1. The molecule has 0 bridgehead atoms. The Balaban J connectivity index is 1.36. The van der Waals surface area contributed by atoms with Gasteiger partial charge >= 0.3 is 0 Å². The predicted molar refractivity (Wildman–Crippen MR) is 103 cm³/mol. The lowest BCUT2D eigenvalue weighted by Crippen LogP contribution is -2.46. The van der Waals surface area contributed by atoms with Crippen molar-refractivity contribution in [3.05, 3.63) is 65.0 Å². The molecule has 1 aliphatic rings. The Morgan fingerprint density at radius 3 is 2.46 bits per heavy atom. The molecule has 2 heterocycles. The minimum Gasteiger partial charge on any atom is -0.369 e. The summed E-state index contributed by atoms with van der Waals surface area (Å²) in [7, 11) is 0. The van der Waals surface area contributed by atoms with Crippen molar-refractivity contribution in [2.75, 3.05) is 31.1 Å². The Kier molecular flexibility index (Phi) is 4.91. The summed E-state index contributed by atoms with van der Waals surface area (Å²) in [5.41, 5.74) is 3.56. The van der Waals surface area contributed by atoms with E-state index >= 15 is 0 Å². The molecule has 0 saturated carbocycles. The zero-order valence-corrected chi connectivity index (χ0v) is 15.5. The molecule has 1 saturated heterocycles. The Bertz CT molecular complexity index is 870. The van der Waals surface area contributed by atoms with Crippen molar-refractivity contribution in [3.8, 4) is 11.4 Å². The number of nitrogens with zero attached hydrogens (tertiary/aromatic N) is 4. The van der Waals surface area contributed by atoms with Crippen LogP contribution in [0.3, 0.4) is 0 Å². The van der Waals surface area contributed by atoms with Crippen LogP contribution in [0.4, 0.5) is 5.69 Å². The molecule has 0 spiro atoms. The van der Waals surface area contributed by atoms with Crippen LogP contribution >= 0.6 is 11.6 Å². The molecule has 0 aliphatic carbocycles. The van der Waals surface area contributed by atoms with E-state index in [4.69, 9.17) is 16.1 Å². The highest BCUT2D eigenvalue weighted by Gasteiger charge is 2.20. The van der Waals surface area contributed by atoms with Gasteiger partial charge in [-0.15, -0.1) is 0 Å². The number of hydrogen-bond acceptors (Lipinski definition) is 5. The largest absolute Gasteiger partial charge is 0.369 e. The predicted octanol–water partition coefficient (Wildman–Crippen LogP) is 4.02. The van der Waals surface area contributed by atoms with Gasteiger partial charge in [0, 0.05) is 42.5 Å². The number of aryl methyl sites for hydroxylation is 1. The van der Waals surface area contributed by atoms with Crippen LogP contribution in [0.5, 0.6) is 0 Å². The molecule has 0 amide bonds. The Morgan fingerprint density at radius 1 is 1.00 bits per heavy atom. The van der Waals surface area contributed by atoms with E-state index in [0.717, 1.165) is 31.7 Å². The molecule has 0 atom stereocenters. The molecule has 3 aromatic rings. The van der Waals surface area contributed by atoms with E-state index in [0.29, 0.717) is 23.3 Å². The molecule has 134 valence electrons. The summed E-state index contributed by atoms with van der Waals surface area (Å²) >= 11 is 5.92. The van der Waals surface area contributed by atoms with Gasteiger partial charge in [0.15, 0.2) is 0 Å². The molecule has 1 fully saturated rings. The summed E-state index contributed by atoms with van der Waals surface area (Å²) in [6.45, 7) is 6.81. The molecule has 0 unspecified atom stereocenters. The van der Waals surface area contributed by atoms with E-state index in [9.17, 15) is 0 Å². The highest BCUT2D eigenvalue weighted by atomic mass is 35.5. The van der Waals surface area contributed by atoms with Crippen molar-refractivity contribution in [1.29, 1.82) is 0 Å².